The molecule has 4 rings (SSSR count). The summed E-state index contributed by atoms with van der Waals surface area (Å²) in [6.45, 7) is 5.52. The van der Waals surface area contributed by atoms with E-state index in [0.717, 1.165) is 55.3 Å². The molecule has 0 amide bonds. The summed E-state index contributed by atoms with van der Waals surface area (Å²) in [6.07, 6.45) is 1.90. The van der Waals surface area contributed by atoms with Gasteiger partial charge >= 0.3 is 0 Å². The number of oxazole rings is 1. The number of likely N-dealkylation sites (N-methyl/N-ethyl adjacent to an activating group) is 1. The van der Waals surface area contributed by atoms with E-state index in [-0.39, 0.29) is 0 Å². The zero-order valence-corrected chi connectivity index (χ0v) is 14.7. The van der Waals surface area contributed by atoms with Gasteiger partial charge in [0.2, 0.25) is 11.8 Å². The van der Waals surface area contributed by atoms with Crippen molar-refractivity contribution in [3.05, 3.63) is 41.9 Å². The van der Waals surface area contributed by atoms with E-state index in [4.69, 9.17) is 8.94 Å². The Morgan fingerprint density at radius 3 is 2.92 bits per heavy atom. The highest BCUT2D eigenvalue weighted by Crippen LogP contribution is 2.20. The summed E-state index contributed by atoms with van der Waals surface area (Å²) in [4.78, 5) is 13.7. The van der Waals surface area contributed by atoms with Crippen LogP contribution in [0, 0.1) is 0 Å². The fourth-order valence-corrected chi connectivity index (χ4v) is 3.34. The van der Waals surface area contributed by atoms with Crippen molar-refractivity contribution in [2.45, 2.75) is 38.9 Å². The Bertz CT molecular complexity index is 810. The fourth-order valence-electron chi connectivity index (χ4n) is 3.34. The van der Waals surface area contributed by atoms with Crippen LogP contribution in [0.5, 0.6) is 0 Å². The van der Waals surface area contributed by atoms with Crippen LogP contribution in [0.1, 0.15) is 31.0 Å². The topological polar surface area (TPSA) is 71.4 Å². The number of hydrogen-bond donors (Lipinski definition) is 0. The third-order valence-corrected chi connectivity index (χ3v) is 4.77. The lowest BCUT2D eigenvalue weighted by atomic mass is 10.2. The van der Waals surface area contributed by atoms with Gasteiger partial charge in [0.15, 0.2) is 11.4 Å². The highest BCUT2D eigenvalue weighted by Gasteiger charge is 2.27. The highest BCUT2D eigenvalue weighted by atomic mass is 16.5. The Hall–Kier alpha value is -2.25. The van der Waals surface area contributed by atoms with Crippen molar-refractivity contribution in [2.24, 2.45) is 0 Å². The van der Waals surface area contributed by atoms with E-state index in [2.05, 4.69) is 32.0 Å². The normalized spacial score (nSPS) is 18.6. The lowest BCUT2D eigenvalue weighted by molar-refractivity contribution is 0.210. The molecule has 1 saturated heterocycles. The Kier molecular flexibility index (Phi) is 4.50. The first-order valence-corrected chi connectivity index (χ1v) is 8.79. The molecule has 1 aliphatic heterocycles. The molecule has 7 nitrogen and oxygen atoms in total. The average Bonchev–Trinajstić information content (AvgIpc) is 3.33. The van der Waals surface area contributed by atoms with E-state index in [9.17, 15) is 0 Å². The molecule has 0 bridgehead atoms. The molecular weight excluding hydrogens is 318 g/mol. The maximum absolute atomic E-state index is 5.84. The van der Waals surface area contributed by atoms with Crippen LogP contribution < -0.4 is 0 Å². The van der Waals surface area contributed by atoms with E-state index in [0.29, 0.717) is 18.5 Å². The van der Waals surface area contributed by atoms with Crippen LogP contribution >= 0.6 is 0 Å². The van der Waals surface area contributed by atoms with Gasteiger partial charge in [0.25, 0.3) is 0 Å². The SMILES string of the molecule is CCc1nc(CN(C)[C@@H]2CCN(Cc3nc4ccccc4o3)C2)no1. The molecule has 0 saturated carbocycles. The van der Waals surface area contributed by atoms with Crippen LogP contribution in [0.3, 0.4) is 0 Å². The zero-order valence-electron chi connectivity index (χ0n) is 14.7. The molecule has 25 heavy (non-hydrogen) atoms. The Balaban J connectivity index is 1.34. The van der Waals surface area contributed by atoms with E-state index < -0.39 is 0 Å². The molecule has 0 unspecified atom stereocenters. The average molecular weight is 341 g/mol. The summed E-state index contributed by atoms with van der Waals surface area (Å²) in [5.74, 6) is 2.25. The van der Waals surface area contributed by atoms with Crippen molar-refractivity contribution in [2.75, 3.05) is 20.1 Å². The Labute approximate surface area is 146 Å². The third-order valence-electron chi connectivity index (χ3n) is 4.77. The molecule has 2 aromatic heterocycles. The van der Waals surface area contributed by atoms with E-state index in [1.165, 1.54) is 0 Å². The Morgan fingerprint density at radius 1 is 1.24 bits per heavy atom. The molecule has 1 aliphatic rings. The van der Waals surface area contributed by atoms with Crippen molar-refractivity contribution in [3.8, 4) is 0 Å². The predicted molar refractivity (Wildman–Crippen MR) is 92.8 cm³/mol. The summed E-state index contributed by atoms with van der Waals surface area (Å²) in [7, 11) is 2.12. The molecule has 0 N–H and O–H groups in total. The van der Waals surface area contributed by atoms with Gasteiger partial charge in [-0.25, -0.2) is 4.98 Å². The maximum Gasteiger partial charge on any atom is 0.226 e. The second kappa shape index (κ2) is 6.93. The number of benzene rings is 1. The quantitative estimate of drug-likeness (QED) is 0.682. The number of aromatic nitrogens is 3. The summed E-state index contributed by atoms with van der Waals surface area (Å²) in [5, 5.41) is 4.04. The molecule has 0 radical (unpaired) electrons. The molecular formula is C18H23N5O2. The molecule has 1 aromatic carbocycles. The molecule has 3 aromatic rings. The number of hydrogen-bond acceptors (Lipinski definition) is 7. The van der Waals surface area contributed by atoms with E-state index >= 15 is 0 Å². The summed E-state index contributed by atoms with van der Waals surface area (Å²) in [6, 6.07) is 8.38. The van der Waals surface area contributed by atoms with Crippen LogP contribution in [-0.4, -0.2) is 51.1 Å². The summed E-state index contributed by atoms with van der Waals surface area (Å²) < 4.78 is 11.0. The van der Waals surface area contributed by atoms with Gasteiger partial charge in [0.05, 0.1) is 13.1 Å². The second-order valence-electron chi connectivity index (χ2n) is 6.63. The minimum atomic E-state index is 0.480. The zero-order chi connectivity index (χ0) is 17.2. The van der Waals surface area contributed by atoms with Crippen molar-refractivity contribution in [1.82, 2.24) is 24.9 Å². The first-order chi connectivity index (χ1) is 12.2. The van der Waals surface area contributed by atoms with Crippen LogP contribution in [0.2, 0.25) is 0 Å². The van der Waals surface area contributed by atoms with Gasteiger partial charge < -0.3 is 8.94 Å². The lowest BCUT2D eigenvalue weighted by Gasteiger charge is -2.22. The van der Waals surface area contributed by atoms with Gasteiger partial charge in [0.1, 0.15) is 5.52 Å². The van der Waals surface area contributed by atoms with Crippen LogP contribution in [0.25, 0.3) is 11.1 Å². The standard InChI is InChI=1S/C18H23N5O2/c1-3-17-20-16(21-25-17)11-22(2)13-8-9-23(10-13)12-18-19-14-6-4-5-7-15(14)24-18/h4-7,13H,3,8-12H2,1-2H3/t13-/m1/s1. The molecule has 0 aliphatic carbocycles. The highest BCUT2D eigenvalue weighted by molar-refractivity contribution is 5.72. The molecule has 3 heterocycles. The molecule has 0 spiro atoms. The fraction of sp³-hybridized carbons (Fsp3) is 0.500. The van der Waals surface area contributed by atoms with Crippen molar-refractivity contribution in [3.63, 3.8) is 0 Å². The third kappa shape index (κ3) is 3.57. The van der Waals surface area contributed by atoms with E-state index in [1.54, 1.807) is 0 Å². The number of likely N-dealkylation sites (tertiary alicyclic amines) is 1. The molecule has 1 fully saturated rings. The molecule has 1 atom stereocenters. The Morgan fingerprint density at radius 2 is 2.12 bits per heavy atom. The van der Waals surface area contributed by atoms with Crippen LogP contribution in [0.15, 0.2) is 33.2 Å². The smallest absolute Gasteiger partial charge is 0.226 e. The van der Waals surface area contributed by atoms with Gasteiger partial charge in [-0.1, -0.05) is 24.2 Å². The van der Waals surface area contributed by atoms with Crippen molar-refractivity contribution in [1.29, 1.82) is 0 Å². The van der Waals surface area contributed by atoms with E-state index in [1.807, 2.05) is 31.2 Å². The number of para-hydroxylation sites is 2. The summed E-state index contributed by atoms with van der Waals surface area (Å²) in [5.41, 5.74) is 1.78. The van der Waals surface area contributed by atoms with Gasteiger partial charge in [-0.3, -0.25) is 9.80 Å². The largest absolute Gasteiger partial charge is 0.439 e. The summed E-state index contributed by atoms with van der Waals surface area (Å²) >= 11 is 0. The molecule has 7 heteroatoms. The van der Waals surface area contributed by atoms with Crippen LogP contribution in [-0.2, 0) is 19.5 Å². The monoisotopic (exact) mass is 341 g/mol. The first kappa shape index (κ1) is 16.2. The minimum absolute atomic E-state index is 0.480. The maximum atomic E-state index is 5.84. The second-order valence-corrected chi connectivity index (χ2v) is 6.63. The first-order valence-electron chi connectivity index (χ1n) is 8.79. The lowest BCUT2D eigenvalue weighted by Crippen LogP contribution is -2.34. The molecule has 132 valence electrons. The number of rotatable bonds is 6. The van der Waals surface area contributed by atoms with Crippen molar-refractivity contribution >= 4 is 11.1 Å². The van der Waals surface area contributed by atoms with Gasteiger partial charge in [-0.05, 0) is 25.6 Å². The van der Waals surface area contributed by atoms with Gasteiger partial charge in [-0.2, -0.15) is 4.98 Å². The number of nitrogens with zero attached hydrogens (tertiary/aromatic N) is 5. The van der Waals surface area contributed by atoms with Gasteiger partial charge in [-0.15, -0.1) is 0 Å². The predicted octanol–water partition coefficient (Wildman–Crippen LogP) is 2.48. The van der Waals surface area contributed by atoms with Crippen molar-refractivity contribution < 1.29 is 8.94 Å². The van der Waals surface area contributed by atoms with Gasteiger partial charge in [0, 0.05) is 25.6 Å². The minimum Gasteiger partial charge on any atom is -0.439 e. The van der Waals surface area contributed by atoms with Crippen LogP contribution in [0.4, 0.5) is 0 Å². The number of aryl methyl sites for hydroxylation is 1. The number of fused-ring (bicyclic) bond motifs is 1.